The topological polar surface area (TPSA) is 30.5 Å². The van der Waals surface area contributed by atoms with E-state index in [0.717, 1.165) is 19.3 Å². The Hall–Kier alpha value is -0.120. The van der Waals surface area contributed by atoms with Crippen molar-refractivity contribution in [3.8, 4) is 0 Å². The van der Waals surface area contributed by atoms with Crippen LogP contribution in [-0.4, -0.2) is 25.9 Å². The summed E-state index contributed by atoms with van der Waals surface area (Å²) in [6.45, 7) is 7.79. The first kappa shape index (κ1) is 12.9. The van der Waals surface area contributed by atoms with Crippen LogP contribution in [-0.2, 0) is 9.57 Å². The molecule has 0 saturated heterocycles. The largest absolute Gasteiger partial charge is 0.373 e. The van der Waals surface area contributed by atoms with Gasteiger partial charge in [0.25, 0.3) is 0 Å². The van der Waals surface area contributed by atoms with Crippen LogP contribution in [0.2, 0.25) is 0 Å². The zero-order valence-corrected chi connectivity index (χ0v) is 9.35. The van der Waals surface area contributed by atoms with Gasteiger partial charge in [-0.15, -0.1) is 0 Å². The summed E-state index contributed by atoms with van der Waals surface area (Å²) in [5.41, 5.74) is 2.69. The van der Waals surface area contributed by atoms with Gasteiger partial charge in [0.15, 0.2) is 0 Å². The third-order valence-electron chi connectivity index (χ3n) is 2.67. The van der Waals surface area contributed by atoms with Crippen LogP contribution in [0.4, 0.5) is 0 Å². The first-order valence-electron chi connectivity index (χ1n) is 5.17. The van der Waals surface area contributed by atoms with E-state index in [-0.39, 0.29) is 5.60 Å². The Balaban J connectivity index is 3.68. The zero-order chi connectivity index (χ0) is 10.2. The van der Waals surface area contributed by atoms with E-state index in [4.69, 9.17) is 9.57 Å². The van der Waals surface area contributed by atoms with Gasteiger partial charge in [-0.1, -0.05) is 20.8 Å². The van der Waals surface area contributed by atoms with E-state index in [0.29, 0.717) is 13.2 Å². The third-order valence-corrected chi connectivity index (χ3v) is 2.67. The first-order valence-corrected chi connectivity index (χ1v) is 5.17. The van der Waals surface area contributed by atoms with E-state index < -0.39 is 0 Å². The van der Waals surface area contributed by atoms with Gasteiger partial charge in [-0.25, -0.2) is 5.48 Å². The summed E-state index contributed by atoms with van der Waals surface area (Å²) in [5.74, 6) is 0. The Morgan fingerprint density at radius 1 is 1.00 bits per heavy atom. The van der Waals surface area contributed by atoms with Gasteiger partial charge >= 0.3 is 0 Å². The predicted molar refractivity (Wildman–Crippen MR) is 54.6 cm³/mol. The summed E-state index contributed by atoms with van der Waals surface area (Å²) in [5, 5.41) is 0. The minimum atomic E-state index is 0.0666. The molecule has 0 aromatic heterocycles. The minimum Gasteiger partial charge on any atom is -0.373 e. The molecule has 0 unspecified atom stereocenters. The number of nitrogens with one attached hydrogen (secondary N) is 1. The van der Waals surface area contributed by atoms with Crippen LogP contribution in [0, 0.1) is 0 Å². The smallest absolute Gasteiger partial charge is 0.0916 e. The normalized spacial score (nSPS) is 12.0. The molecule has 0 amide bonds. The molecule has 0 saturated carbocycles. The summed E-state index contributed by atoms with van der Waals surface area (Å²) in [6.07, 6.45) is 3.21. The summed E-state index contributed by atoms with van der Waals surface area (Å²) in [4.78, 5) is 4.99. The molecule has 1 N–H and O–H groups in total. The molecule has 0 radical (unpaired) electrons. The van der Waals surface area contributed by atoms with Gasteiger partial charge in [-0.05, 0) is 19.3 Å². The van der Waals surface area contributed by atoms with E-state index in [2.05, 4.69) is 26.3 Å². The molecule has 0 aliphatic heterocycles. The van der Waals surface area contributed by atoms with Crippen molar-refractivity contribution in [1.29, 1.82) is 0 Å². The summed E-state index contributed by atoms with van der Waals surface area (Å²) < 4.78 is 5.81. The molecule has 0 aromatic rings. The lowest BCUT2D eigenvalue weighted by molar-refractivity contribution is -0.0852. The Morgan fingerprint density at radius 3 is 1.92 bits per heavy atom. The van der Waals surface area contributed by atoms with Crippen molar-refractivity contribution in [1.82, 2.24) is 5.48 Å². The minimum absolute atomic E-state index is 0.0666. The molecule has 3 nitrogen and oxygen atoms in total. The molecule has 0 aliphatic carbocycles. The van der Waals surface area contributed by atoms with Crippen molar-refractivity contribution in [2.24, 2.45) is 0 Å². The van der Waals surface area contributed by atoms with Crippen molar-refractivity contribution in [2.75, 3.05) is 20.3 Å². The monoisotopic (exact) mass is 189 g/mol. The molecule has 0 spiro atoms. The fourth-order valence-corrected chi connectivity index (χ4v) is 1.46. The van der Waals surface area contributed by atoms with E-state index in [1.165, 1.54) is 0 Å². The number of ether oxygens (including phenoxy) is 1. The number of hydrogen-bond acceptors (Lipinski definition) is 3. The Morgan fingerprint density at radius 2 is 1.54 bits per heavy atom. The molecule has 3 heteroatoms. The number of hydroxylamine groups is 1. The number of hydrogen-bond donors (Lipinski definition) is 1. The Bertz CT molecular complexity index is 105. The molecular weight excluding hydrogens is 166 g/mol. The van der Waals surface area contributed by atoms with Crippen LogP contribution >= 0.6 is 0 Å². The van der Waals surface area contributed by atoms with Gasteiger partial charge in [0.05, 0.1) is 18.8 Å². The summed E-state index contributed by atoms with van der Waals surface area (Å²) in [7, 11) is 1.76. The number of rotatable bonds is 8. The lowest BCUT2D eigenvalue weighted by Crippen LogP contribution is -2.32. The van der Waals surface area contributed by atoms with E-state index in [1.807, 2.05) is 0 Å². The van der Waals surface area contributed by atoms with Crippen LogP contribution in [0.3, 0.4) is 0 Å². The maximum absolute atomic E-state index is 5.81. The third kappa shape index (κ3) is 4.60. The van der Waals surface area contributed by atoms with Crippen molar-refractivity contribution in [3.63, 3.8) is 0 Å². The fourth-order valence-electron chi connectivity index (χ4n) is 1.46. The summed E-state index contributed by atoms with van der Waals surface area (Å²) in [6, 6.07) is 0. The highest BCUT2D eigenvalue weighted by molar-refractivity contribution is 4.75. The van der Waals surface area contributed by atoms with Crippen molar-refractivity contribution >= 4 is 0 Å². The second-order valence-corrected chi connectivity index (χ2v) is 3.14. The summed E-state index contributed by atoms with van der Waals surface area (Å²) >= 11 is 0. The lowest BCUT2D eigenvalue weighted by atomic mass is 9.94. The predicted octanol–water partition coefficient (Wildman–Crippen LogP) is 2.12. The average molecular weight is 189 g/mol. The van der Waals surface area contributed by atoms with Crippen molar-refractivity contribution in [2.45, 2.75) is 45.6 Å². The molecule has 0 aromatic carbocycles. The maximum Gasteiger partial charge on any atom is 0.0916 e. The SMILES string of the molecule is CCC(CC)(CC)OCCONC. The van der Waals surface area contributed by atoms with Gasteiger partial charge in [-0.2, -0.15) is 0 Å². The Kier molecular flexibility index (Phi) is 7.23. The van der Waals surface area contributed by atoms with Gasteiger partial charge in [-0.3, -0.25) is 4.84 Å². The molecule has 0 atom stereocenters. The molecule has 0 heterocycles. The van der Waals surface area contributed by atoms with Crippen molar-refractivity contribution in [3.05, 3.63) is 0 Å². The zero-order valence-electron chi connectivity index (χ0n) is 9.35. The second kappa shape index (κ2) is 7.30. The highest BCUT2D eigenvalue weighted by Crippen LogP contribution is 2.23. The maximum atomic E-state index is 5.81. The molecule has 80 valence electrons. The average Bonchev–Trinajstić information content (AvgIpc) is 2.20. The second-order valence-electron chi connectivity index (χ2n) is 3.14. The molecule has 0 rings (SSSR count). The molecule has 0 fully saturated rings. The van der Waals surface area contributed by atoms with E-state index >= 15 is 0 Å². The molecular formula is C10H23NO2. The van der Waals surface area contributed by atoms with Gasteiger partial charge < -0.3 is 4.74 Å². The van der Waals surface area contributed by atoms with Gasteiger partial charge in [0, 0.05) is 7.05 Å². The van der Waals surface area contributed by atoms with E-state index in [1.54, 1.807) is 7.05 Å². The van der Waals surface area contributed by atoms with Gasteiger partial charge in [0.1, 0.15) is 0 Å². The van der Waals surface area contributed by atoms with Crippen molar-refractivity contribution < 1.29 is 9.57 Å². The van der Waals surface area contributed by atoms with Crippen LogP contribution in [0.15, 0.2) is 0 Å². The van der Waals surface area contributed by atoms with Crippen LogP contribution in [0.5, 0.6) is 0 Å². The van der Waals surface area contributed by atoms with Crippen LogP contribution < -0.4 is 5.48 Å². The first-order chi connectivity index (χ1) is 6.24. The highest BCUT2D eigenvalue weighted by Gasteiger charge is 2.23. The molecule has 0 aliphatic rings. The quantitative estimate of drug-likeness (QED) is 0.468. The molecule has 13 heavy (non-hydrogen) atoms. The fraction of sp³-hybridized carbons (Fsp3) is 1.00. The highest BCUT2D eigenvalue weighted by atomic mass is 16.7. The Labute approximate surface area is 81.8 Å². The standard InChI is InChI=1S/C10H23NO2/c1-5-10(6-2,7-3)12-8-9-13-11-4/h11H,5-9H2,1-4H3. The van der Waals surface area contributed by atoms with Gasteiger partial charge in [0.2, 0.25) is 0 Å². The molecule has 0 bridgehead atoms. The van der Waals surface area contributed by atoms with Crippen LogP contribution in [0.25, 0.3) is 0 Å². The van der Waals surface area contributed by atoms with Crippen LogP contribution in [0.1, 0.15) is 40.0 Å². The van der Waals surface area contributed by atoms with E-state index in [9.17, 15) is 0 Å². The lowest BCUT2D eigenvalue weighted by Gasteiger charge is -2.30.